The molecule has 0 N–H and O–H groups in total. The summed E-state index contributed by atoms with van der Waals surface area (Å²) in [6, 6.07) is 14.4. The van der Waals surface area contributed by atoms with Crippen LogP contribution in [0.4, 0.5) is 0 Å². The number of aromatic nitrogens is 2. The first-order valence-corrected chi connectivity index (χ1v) is 7.81. The Kier molecular flexibility index (Phi) is 4.36. The number of hydrogen-bond acceptors (Lipinski definition) is 3. The molecule has 3 aromatic rings. The van der Waals surface area contributed by atoms with Crippen molar-refractivity contribution in [2.75, 3.05) is 7.05 Å². The molecule has 3 rings (SSSR count). The lowest BCUT2D eigenvalue weighted by Gasteiger charge is -2.18. The van der Waals surface area contributed by atoms with Gasteiger partial charge in [-0.3, -0.25) is 14.3 Å². The van der Waals surface area contributed by atoms with Crippen LogP contribution in [0.25, 0.3) is 10.9 Å². The van der Waals surface area contributed by atoms with Crippen LogP contribution >= 0.6 is 11.6 Å². The molecule has 0 unspecified atom stereocenters. The fraction of sp³-hybridized carbons (Fsp3) is 0.167. The summed E-state index contributed by atoms with van der Waals surface area (Å²) in [4.78, 5) is 26.7. The van der Waals surface area contributed by atoms with Gasteiger partial charge < -0.3 is 4.90 Å². The van der Waals surface area contributed by atoms with Gasteiger partial charge in [0.15, 0.2) is 5.69 Å². The van der Waals surface area contributed by atoms with E-state index >= 15 is 0 Å². The van der Waals surface area contributed by atoms with Crippen LogP contribution in [0.5, 0.6) is 0 Å². The zero-order valence-electron chi connectivity index (χ0n) is 13.4. The van der Waals surface area contributed by atoms with E-state index in [-0.39, 0.29) is 11.1 Å². The molecule has 6 heteroatoms. The molecule has 1 amide bonds. The molecule has 0 radical (unpaired) electrons. The highest BCUT2D eigenvalue weighted by molar-refractivity contribution is 6.31. The van der Waals surface area contributed by atoms with Crippen molar-refractivity contribution in [1.29, 1.82) is 0 Å². The molecule has 0 atom stereocenters. The molecule has 0 spiro atoms. The summed E-state index contributed by atoms with van der Waals surface area (Å²) in [5.41, 5.74) is 1.05. The summed E-state index contributed by atoms with van der Waals surface area (Å²) < 4.78 is 1.55. The highest BCUT2D eigenvalue weighted by atomic mass is 35.5. The van der Waals surface area contributed by atoms with Crippen molar-refractivity contribution < 1.29 is 4.79 Å². The third-order valence-electron chi connectivity index (χ3n) is 3.88. The zero-order valence-corrected chi connectivity index (χ0v) is 14.1. The first-order valence-electron chi connectivity index (χ1n) is 7.44. The van der Waals surface area contributed by atoms with Gasteiger partial charge in [-0.2, -0.15) is 5.10 Å². The maximum absolute atomic E-state index is 12.7. The number of fused-ring (bicyclic) bond motifs is 1. The molecule has 0 aliphatic carbocycles. The molecule has 5 nitrogen and oxygen atoms in total. The number of para-hydroxylation sites is 1. The second-order valence-corrected chi connectivity index (χ2v) is 5.98. The maximum atomic E-state index is 12.7. The van der Waals surface area contributed by atoms with Gasteiger partial charge in [0, 0.05) is 31.0 Å². The number of aryl methyl sites for hydroxylation is 1. The number of halogens is 1. The van der Waals surface area contributed by atoms with E-state index in [1.165, 1.54) is 4.90 Å². The molecule has 1 heterocycles. The predicted molar refractivity (Wildman–Crippen MR) is 94.2 cm³/mol. The van der Waals surface area contributed by atoms with Crippen LogP contribution in [-0.2, 0) is 13.6 Å². The van der Waals surface area contributed by atoms with Crippen molar-refractivity contribution in [2.45, 2.75) is 6.54 Å². The lowest BCUT2D eigenvalue weighted by molar-refractivity contribution is 0.0776. The van der Waals surface area contributed by atoms with E-state index < -0.39 is 5.91 Å². The van der Waals surface area contributed by atoms with E-state index in [9.17, 15) is 9.59 Å². The van der Waals surface area contributed by atoms with Crippen LogP contribution in [0.15, 0.2) is 53.3 Å². The number of carbonyl (C=O) groups excluding carboxylic acids is 1. The van der Waals surface area contributed by atoms with Gasteiger partial charge in [-0.05, 0) is 23.8 Å². The summed E-state index contributed by atoms with van der Waals surface area (Å²) in [6.45, 7) is 0.302. The van der Waals surface area contributed by atoms with E-state index in [1.807, 2.05) is 24.3 Å². The van der Waals surface area contributed by atoms with Gasteiger partial charge >= 0.3 is 0 Å². The Morgan fingerprint density at radius 1 is 1.17 bits per heavy atom. The van der Waals surface area contributed by atoms with E-state index in [0.717, 1.165) is 5.56 Å². The molecule has 24 heavy (non-hydrogen) atoms. The van der Waals surface area contributed by atoms with E-state index in [1.54, 1.807) is 43.0 Å². The number of nitrogens with zero attached hydrogens (tertiary/aromatic N) is 3. The molecule has 0 aliphatic rings. The standard InChI is InChI=1S/C18H16ClN3O2/c1-21(11-12-7-3-5-9-14(12)19)18(24)16-17(23)13-8-4-6-10-15(13)22(2)20-16/h3-10H,11H2,1-2H3. The molecule has 1 aromatic heterocycles. The lowest BCUT2D eigenvalue weighted by Crippen LogP contribution is -2.33. The normalized spacial score (nSPS) is 10.8. The van der Waals surface area contributed by atoms with Gasteiger partial charge in [0.25, 0.3) is 5.91 Å². The molecular weight excluding hydrogens is 326 g/mol. The largest absolute Gasteiger partial charge is 0.336 e. The minimum atomic E-state index is -0.429. The lowest BCUT2D eigenvalue weighted by atomic mass is 10.1. The second-order valence-electron chi connectivity index (χ2n) is 5.57. The van der Waals surface area contributed by atoms with Gasteiger partial charge in [0.2, 0.25) is 5.43 Å². The number of amides is 1. The van der Waals surface area contributed by atoms with Crippen molar-refractivity contribution >= 4 is 28.4 Å². The molecule has 0 saturated carbocycles. The Hall–Kier alpha value is -2.66. The third kappa shape index (κ3) is 2.90. The minimum Gasteiger partial charge on any atom is -0.336 e. The van der Waals surface area contributed by atoms with Gasteiger partial charge in [-0.1, -0.05) is 41.9 Å². The smallest absolute Gasteiger partial charge is 0.278 e. The van der Waals surface area contributed by atoms with Gasteiger partial charge in [-0.25, -0.2) is 0 Å². The zero-order chi connectivity index (χ0) is 17.3. The van der Waals surface area contributed by atoms with Crippen LogP contribution < -0.4 is 5.43 Å². The summed E-state index contributed by atoms with van der Waals surface area (Å²) >= 11 is 6.13. The Morgan fingerprint density at radius 3 is 2.58 bits per heavy atom. The van der Waals surface area contributed by atoms with Crippen LogP contribution in [0.1, 0.15) is 16.1 Å². The van der Waals surface area contributed by atoms with Gasteiger partial charge in [0.05, 0.1) is 5.52 Å². The van der Waals surface area contributed by atoms with Crippen LogP contribution in [0.3, 0.4) is 0 Å². The molecule has 0 fully saturated rings. The van der Waals surface area contributed by atoms with Gasteiger partial charge in [0.1, 0.15) is 0 Å². The van der Waals surface area contributed by atoms with Crippen LogP contribution in [0.2, 0.25) is 5.02 Å². The Bertz CT molecular complexity index is 981. The SMILES string of the molecule is CN(Cc1ccccc1Cl)C(=O)c1nn(C)c2ccccc2c1=O. The molecule has 0 saturated heterocycles. The van der Waals surface area contributed by atoms with E-state index in [0.29, 0.717) is 22.5 Å². The fourth-order valence-corrected chi connectivity index (χ4v) is 2.79. The maximum Gasteiger partial charge on any atom is 0.278 e. The fourth-order valence-electron chi connectivity index (χ4n) is 2.60. The van der Waals surface area contributed by atoms with Crippen LogP contribution in [0, 0.1) is 0 Å². The molecule has 0 bridgehead atoms. The number of rotatable bonds is 3. The molecule has 2 aromatic carbocycles. The number of carbonyl (C=O) groups is 1. The summed E-state index contributed by atoms with van der Waals surface area (Å²) in [5.74, 6) is -0.429. The highest BCUT2D eigenvalue weighted by Gasteiger charge is 2.20. The van der Waals surface area contributed by atoms with Crippen molar-refractivity contribution in [3.63, 3.8) is 0 Å². The molecule has 122 valence electrons. The van der Waals surface area contributed by atoms with Crippen LogP contribution in [-0.4, -0.2) is 27.6 Å². The minimum absolute atomic E-state index is 0.0919. The topological polar surface area (TPSA) is 55.2 Å². The molecule has 0 aliphatic heterocycles. The average Bonchev–Trinajstić information content (AvgIpc) is 2.59. The van der Waals surface area contributed by atoms with Crippen molar-refractivity contribution in [3.8, 4) is 0 Å². The average molecular weight is 342 g/mol. The van der Waals surface area contributed by atoms with Gasteiger partial charge in [-0.15, -0.1) is 0 Å². The highest BCUT2D eigenvalue weighted by Crippen LogP contribution is 2.17. The Morgan fingerprint density at radius 2 is 1.83 bits per heavy atom. The first-order chi connectivity index (χ1) is 11.5. The third-order valence-corrected chi connectivity index (χ3v) is 4.25. The van der Waals surface area contributed by atoms with E-state index in [2.05, 4.69) is 5.10 Å². The number of hydrogen-bond donors (Lipinski definition) is 0. The summed E-state index contributed by atoms with van der Waals surface area (Å²) in [5, 5.41) is 5.22. The summed E-state index contributed by atoms with van der Waals surface area (Å²) in [7, 11) is 3.34. The second kappa shape index (κ2) is 6.45. The number of benzene rings is 2. The monoisotopic (exact) mass is 341 g/mol. The quantitative estimate of drug-likeness (QED) is 0.736. The Labute approximate surface area is 144 Å². The predicted octanol–water partition coefficient (Wildman–Crippen LogP) is 2.86. The van der Waals surface area contributed by atoms with Crippen molar-refractivity contribution in [3.05, 3.63) is 75.0 Å². The summed E-state index contributed by atoms with van der Waals surface area (Å²) in [6.07, 6.45) is 0. The van der Waals surface area contributed by atoms with Crippen molar-refractivity contribution in [1.82, 2.24) is 14.7 Å². The first kappa shape index (κ1) is 16.2. The van der Waals surface area contributed by atoms with E-state index in [4.69, 9.17) is 11.6 Å². The Balaban J connectivity index is 1.98. The molecular formula is C18H16ClN3O2. The van der Waals surface area contributed by atoms with Crippen molar-refractivity contribution in [2.24, 2.45) is 7.05 Å².